The minimum atomic E-state index is -0.626. The fourth-order valence-corrected chi connectivity index (χ4v) is 5.58. The molecule has 0 bridgehead atoms. The van der Waals surface area contributed by atoms with Crippen LogP contribution in [-0.2, 0) is 14.3 Å². The topological polar surface area (TPSA) is 89.5 Å². The number of hydrogen-bond donors (Lipinski definition) is 1. The van der Waals surface area contributed by atoms with Crippen molar-refractivity contribution in [3.8, 4) is 11.5 Å². The molecule has 0 unspecified atom stereocenters. The summed E-state index contributed by atoms with van der Waals surface area (Å²) in [6.45, 7) is 7.37. The van der Waals surface area contributed by atoms with Crippen LogP contribution in [-0.4, -0.2) is 42.3 Å². The molecule has 2 aliphatic rings. The van der Waals surface area contributed by atoms with Crippen LogP contribution in [0.15, 0.2) is 75.9 Å². The van der Waals surface area contributed by atoms with Crippen molar-refractivity contribution in [3.63, 3.8) is 0 Å². The van der Waals surface area contributed by atoms with Gasteiger partial charge in [0.2, 0.25) is 5.91 Å². The number of thioether (sulfide) groups is 1. The number of rotatable bonds is 9. The first kappa shape index (κ1) is 27.3. The quantitative estimate of drug-likeness (QED) is 0.424. The number of nitrogens with one attached hydrogen (secondary N) is 1. The molecule has 0 saturated carbocycles. The number of amidine groups is 1. The summed E-state index contributed by atoms with van der Waals surface area (Å²) in [5.41, 5.74) is 3.40. The highest BCUT2D eigenvalue weighted by molar-refractivity contribution is 8.16. The van der Waals surface area contributed by atoms with Gasteiger partial charge in [0.05, 0.1) is 50.1 Å². The van der Waals surface area contributed by atoms with Crippen molar-refractivity contribution < 1.29 is 23.8 Å². The minimum absolute atomic E-state index is 0.109. The van der Waals surface area contributed by atoms with Crippen molar-refractivity contribution in [2.45, 2.75) is 52.3 Å². The average molecular weight is 536 g/mol. The third kappa shape index (κ3) is 5.57. The molecule has 1 amide bonds. The van der Waals surface area contributed by atoms with Crippen LogP contribution >= 0.6 is 11.8 Å². The zero-order valence-electron chi connectivity index (χ0n) is 22.5. The molecule has 0 radical (unpaired) electrons. The third-order valence-electron chi connectivity index (χ3n) is 6.31. The molecule has 0 saturated heterocycles. The fraction of sp³-hybridized carbons (Fsp3) is 0.345. The van der Waals surface area contributed by atoms with E-state index in [1.165, 1.54) is 11.8 Å². The van der Waals surface area contributed by atoms with Gasteiger partial charge in [-0.15, -0.1) is 0 Å². The Hall–Kier alpha value is -3.72. The molecule has 2 heterocycles. The molecule has 2 atom stereocenters. The lowest BCUT2D eigenvalue weighted by Crippen LogP contribution is -2.38. The summed E-state index contributed by atoms with van der Waals surface area (Å²) in [7, 11) is 3.13. The molecule has 2 aromatic rings. The first-order valence-electron chi connectivity index (χ1n) is 12.5. The summed E-state index contributed by atoms with van der Waals surface area (Å²) in [6.07, 6.45) is -0.202. The van der Waals surface area contributed by atoms with Gasteiger partial charge in [-0.3, -0.25) is 4.79 Å². The van der Waals surface area contributed by atoms with Crippen LogP contribution in [0.2, 0.25) is 0 Å². The molecule has 0 aliphatic carbocycles. The molecule has 0 aromatic heterocycles. The highest BCUT2D eigenvalue weighted by Gasteiger charge is 2.43. The van der Waals surface area contributed by atoms with Crippen LogP contribution in [0.1, 0.15) is 57.3 Å². The summed E-state index contributed by atoms with van der Waals surface area (Å²) in [5, 5.41) is 5.67. The minimum Gasteiger partial charge on any atom is -0.493 e. The molecular formula is C29H33N3O5S. The number of nitrogens with zero attached hydrogens (tertiary/aromatic N) is 2. The van der Waals surface area contributed by atoms with E-state index in [4.69, 9.17) is 19.2 Å². The number of ether oxygens (including phenoxy) is 3. The molecule has 8 nitrogen and oxygen atoms in total. The maximum absolute atomic E-state index is 13.4. The Bertz CT molecular complexity index is 1300. The van der Waals surface area contributed by atoms with Gasteiger partial charge in [0.25, 0.3) is 0 Å². The number of benzene rings is 2. The van der Waals surface area contributed by atoms with Gasteiger partial charge in [-0.1, -0.05) is 54.2 Å². The van der Waals surface area contributed by atoms with Crippen LogP contribution in [0, 0.1) is 0 Å². The highest BCUT2D eigenvalue weighted by atomic mass is 32.2. The summed E-state index contributed by atoms with van der Waals surface area (Å²) >= 11 is 1.42. The number of allylic oxidation sites excluding steroid dienone is 1. The molecule has 1 N–H and O–H groups in total. The second-order valence-corrected chi connectivity index (χ2v) is 10.1. The van der Waals surface area contributed by atoms with Crippen LogP contribution in [0.4, 0.5) is 0 Å². The van der Waals surface area contributed by atoms with Gasteiger partial charge in [-0.05, 0) is 44.7 Å². The predicted molar refractivity (Wildman–Crippen MR) is 149 cm³/mol. The smallest absolute Gasteiger partial charge is 0.338 e. The van der Waals surface area contributed by atoms with Gasteiger partial charge in [-0.25, -0.2) is 9.79 Å². The van der Waals surface area contributed by atoms with Gasteiger partial charge in [0, 0.05) is 11.3 Å². The maximum Gasteiger partial charge on any atom is 0.338 e. The summed E-state index contributed by atoms with van der Waals surface area (Å²) in [4.78, 5) is 33.2. The largest absolute Gasteiger partial charge is 0.493 e. The molecule has 2 aromatic carbocycles. The van der Waals surface area contributed by atoms with Crippen molar-refractivity contribution >= 4 is 28.8 Å². The zero-order chi connectivity index (χ0) is 27.4. The van der Waals surface area contributed by atoms with E-state index in [2.05, 4.69) is 5.32 Å². The second-order valence-electron chi connectivity index (χ2n) is 9.31. The average Bonchev–Trinajstić information content (AvgIpc) is 3.28. The number of carbonyl (C=O) groups is 2. The lowest BCUT2D eigenvalue weighted by molar-refractivity contribution is -0.143. The summed E-state index contributed by atoms with van der Waals surface area (Å²) in [5.74, 6) is 0.439. The van der Waals surface area contributed by atoms with Gasteiger partial charge in [0.15, 0.2) is 16.7 Å². The van der Waals surface area contributed by atoms with Crippen molar-refractivity contribution in [2.24, 2.45) is 4.99 Å². The Morgan fingerprint density at radius 3 is 2.45 bits per heavy atom. The molecule has 38 heavy (non-hydrogen) atoms. The molecule has 9 heteroatoms. The SMILES string of the molecule is COc1cccc([C@H]2C(C(=O)OC(C)C)=C(C)N=C3SC=C(CC(=O)N[C@H](C)c4ccccc4)N32)c1OC. The Balaban J connectivity index is 1.71. The Morgan fingerprint density at radius 2 is 1.79 bits per heavy atom. The molecule has 2 aliphatic heterocycles. The van der Waals surface area contributed by atoms with E-state index in [1.807, 2.05) is 73.5 Å². The number of esters is 1. The van der Waals surface area contributed by atoms with Gasteiger partial charge >= 0.3 is 5.97 Å². The number of fused-ring (bicyclic) bond motifs is 1. The number of methoxy groups -OCH3 is 2. The van der Waals surface area contributed by atoms with Gasteiger partial charge in [-0.2, -0.15) is 0 Å². The lowest BCUT2D eigenvalue weighted by Gasteiger charge is -2.37. The zero-order valence-corrected chi connectivity index (χ0v) is 23.3. The maximum atomic E-state index is 13.4. The van der Waals surface area contributed by atoms with E-state index in [-0.39, 0.29) is 24.5 Å². The summed E-state index contributed by atoms with van der Waals surface area (Å²) in [6, 6.07) is 14.6. The second kappa shape index (κ2) is 11.8. The van der Waals surface area contributed by atoms with Crippen molar-refractivity contribution in [1.82, 2.24) is 10.2 Å². The molecular weight excluding hydrogens is 502 g/mol. The van der Waals surface area contributed by atoms with Crippen molar-refractivity contribution in [3.05, 3.63) is 82.0 Å². The van der Waals surface area contributed by atoms with Crippen LogP contribution in [0.25, 0.3) is 0 Å². The van der Waals surface area contributed by atoms with Crippen LogP contribution < -0.4 is 14.8 Å². The van der Waals surface area contributed by atoms with Crippen LogP contribution in [0.3, 0.4) is 0 Å². The highest BCUT2D eigenvalue weighted by Crippen LogP contribution is 2.48. The van der Waals surface area contributed by atoms with E-state index in [1.54, 1.807) is 27.2 Å². The van der Waals surface area contributed by atoms with E-state index in [0.717, 1.165) is 11.3 Å². The lowest BCUT2D eigenvalue weighted by atomic mass is 9.92. The molecule has 4 rings (SSSR count). The number of para-hydroxylation sites is 1. The fourth-order valence-electron chi connectivity index (χ4n) is 4.61. The number of hydrogen-bond acceptors (Lipinski definition) is 8. The van der Waals surface area contributed by atoms with Gasteiger partial charge in [0.1, 0.15) is 0 Å². The molecule has 0 fully saturated rings. The number of carbonyl (C=O) groups excluding carboxylic acids is 2. The van der Waals surface area contributed by atoms with Gasteiger partial charge < -0.3 is 24.4 Å². The van der Waals surface area contributed by atoms with Crippen molar-refractivity contribution in [1.29, 1.82) is 0 Å². The van der Waals surface area contributed by atoms with E-state index in [0.29, 0.717) is 33.5 Å². The molecule has 200 valence electrons. The normalized spacial score (nSPS) is 17.4. The van der Waals surface area contributed by atoms with E-state index in [9.17, 15) is 9.59 Å². The Morgan fingerprint density at radius 1 is 1.05 bits per heavy atom. The Kier molecular flexibility index (Phi) is 8.46. The number of amides is 1. The number of aliphatic imine (C=N–C) groups is 1. The summed E-state index contributed by atoms with van der Waals surface area (Å²) < 4.78 is 17.0. The third-order valence-corrected chi connectivity index (χ3v) is 7.20. The standard InChI is InChI=1S/C29H33N3O5S/c1-17(2)37-28(34)25-19(4)31-29-32(26(25)22-13-10-14-23(35-5)27(22)36-6)21(16-38-29)15-24(33)30-18(3)20-11-8-7-9-12-20/h7-14,16-18,26H,15H2,1-6H3,(H,30,33)/t18-,26+/m1/s1. The van der Waals surface area contributed by atoms with E-state index < -0.39 is 12.0 Å². The van der Waals surface area contributed by atoms with E-state index >= 15 is 0 Å². The first-order chi connectivity index (χ1) is 18.2. The molecule has 0 spiro atoms. The Labute approximate surface area is 227 Å². The monoisotopic (exact) mass is 535 g/mol. The van der Waals surface area contributed by atoms with Crippen LogP contribution in [0.5, 0.6) is 11.5 Å². The van der Waals surface area contributed by atoms with Crippen molar-refractivity contribution in [2.75, 3.05) is 14.2 Å². The predicted octanol–water partition coefficient (Wildman–Crippen LogP) is 5.50. The first-order valence-corrected chi connectivity index (χ1v) is 13.3.